The van der Waals surface area contributed by atoms with Gasteiger partial charge in [0.15, 0.2) is 0 Å². The Hall–Kier alpha value is -0.470. The lowest BCUT2D eigenvalue weighted by molar-refractivity contribution is 0.291. The number of hydrogen-bond donors (Lipinski definition) is 1. The lowest BCUT2D eigenvalue weighted by Crippen LogP contribution is -2.41. The van der Waals surface area contributed by atoms with Gasteiger partial charge >= 0.3 is 0 Å². The van der Waals surface area contributed by atoms with Crippen LogP contribution in [-0.2, 0) is 16.6 Å². The lowest BCUT2D eigenvalue weighted by Gasteiger charge is -2.26. The second kappa shape index (κ2) is 7.19. The van der Waals surface area contributed by atoms with E-state index in [1.807, 2.05) is 32.3 Å². The van der Waals surface area contributed by atoms with Gasteiger partial charge in [-0.3, -0.25) is 0 Å². The van der Waals surface area contributed by atoms with Gasteiger partial charge in [0.25, 0.3) is 10.0 Å². The van der Waals surface area contributed by atoms with E-state index in [1.165, 1.54) is 11.3 Å². The smallest absolute Gasteiger partial charge is 0.252 e. The molecule has 1 aromatic rings. The van der Waals surface area contributed by atoms with Crippen LogP contribution >= 0.6 is 11.3 Å². The molecule has 7 heteroatoms. The molecule has 0 spiro atoms. The van der Waals surface area contributed by atoms with E-state index < -0.39 is 10.0 Å². The molecule has 1 aromatic heterocycles. The van der Waals surface area contributed by atoms with E-state index >= 15 is 0 Å². The molecule has 1 saturated heterocycles. The van der Waals surface area contributed by atoms with Gasteiger partial charge in [-0.1, -0.05) is 6.92 Å². The highest BCUT2D eigenvalue weighted by atomic mass is 32.2. The lowest BCUT2D eigenvalue weighted by atomic mass is 10.3. The largest absolute Gasteiger partial charge is 0.313 e. The predicted octanol–water partition coefficient (Wildman–Crippen LogP) is 1.57. The van der Waals surface area contributed by atoms with Gasteiger partial charge in [0.1, 0.15) is 4.21 Å². The van der Waals surface area contributed by atoms with Crippen LogP contribution in [0.5, 0.6) is 0 Å². The first-order chi connectivity index (χ1) is 9.95. The minimum atomic E-state index is -3.36. The maximum Gasteiger partial charge on any atom is 0.252 e. The van der Waals surface area contributed by atoms with Gasteiger partial charge in [-0.25, -0.2) is 8.42 Å². The Morgan fingerprint density at radius 2 is 2.19 bits per heavy atom. The summed E-state index contributed by atoms with van der Waals surface area (Å²) in [5, 5.41) is 5.16. The van der Waals surface area contributed by atoms with Crippen LogP contribution in [0.25, 0.3) is 0 Å². The van der Waals surface area contributed by atoms with Crippen LogP contribution in [0.15, 0.2) is 15.7 Å². The third-order valence-electron chi connectivity index (χ3n) is 3.76. The van der Waals surface area contributed by atoms with Crippen LogP contribution < -0.4 is 5.32 Å². The summed E-state index contributed by atoms with van der Waals surface area (Å²) >= 11 is 1.33. The van der Waals surface area contributed by atoms with Crippen molar-refractivity contribution < 1.29 is 8.42 Å². The van der Waals surface area contributed by atoms with Crippen LogP contribution in [-0.4, -0.2) is 56.9 Å². The number of nitrogens with zero attached hydrogens (tertiary/aromatic N) is 2. The van der Waals surface area contributed by atoms with Crippen molar-refractivity contribution in [3.05, 3.63) is 17.0 Å². The van der Waals surface area contributed by atoms with Crippen LogP contribution in [0.4, 0.5) is 0 Å². The minimum absolute atomic E-state index is 0.0156. The fourth-order valence-electron chi connectivity index (χ4n) is 2.67. The fraction of sp³-hybridized carbons (Fsp3) is 0.714. The molecule has 0 saturated carbocycles. The Kier molecular flexibility index (Phi) is 5.79. The zero-order chi connectivity index (χ0) is 15.5. The molecule has 2 heterocycles. The first-order valence-electron chi connectivity index (χ1n) is 7.43. The molecule has 1 atom stereocenters. The average molecular weight is 332 g/mol. The summed E-state index contributed by atoms with van der Waals surface area (Å²) in [5.74, 6) is 0. The molecule has 0 aliphatic carbocycles. The Bertz CT molecular complexity index is 556. The summed E-state index contributed by atoms with van der Waals surface area (Å²) in [4.78, 5) is 2.20. The highest BCUT2D eigenvalue weighted by Crippen LogP contribution is 2.26. The van der Waals surface area contributed by atoms with Crippen LogP contribution in [0.3, 0.4) is 0 Å². The zero-order valence-corrected chi connectivity index (χ0v) is 14.6. The van der Waals surface area contributed by atoms with Crippen molar-refractivity contribution in [3.63, 3.8) is 0 Å². The summed E-state index contributed by atoms with van der Waals surface area (Å²) in [6, 6.07) is 1.83. The third kappa shape index (κ3) is 4.04. The number of nitrogens with one attached hydrogen (secondary N) is 1. The van der Waals surface area contributed by atoms with Crippen molar-refractivity contribution in [2.45, 2.75) is 37.1 Å². The molecule has 2 rings (SSSR count). The van der Waals surface area contributed by atoms with Crippen molar-refractivity contribution in [2.24, 2.45) is 0 Å². The third-order valence-corrected chi connectivity index (χ3v) is 7.24. The van der Waals surface area contributed by atoms with Gasteiger partial charge in [-0.15, -0.1) is 11.3 Å². The highest BCUT2D eigenvalue weighted by Gasteiger charge is 2.32. The fourth-order valence-corrected chi connectivity index (χ4v) is 5.67. The molecule has 0 amide bonds. The molecular weight excluding hydrogens is 306 g/mol. The molecule has 1 aliphatic heterocycles. The van der Waals surface area contributed by atoms with Gasteiger partial charge < -0.3 is 10.2 Å². The zero-order valence-electron chi connectivity index (χ0n) is 13.0. The Morgan fingerprint density at radius 1 is 1.43 bits per heavy atom. The molecule has 5 nitrogen and oxygen atoms in total. The molecule has 0 aromatic carbocycles. The molecule has 1 aliphatic rings. The summed E-state index contributed by atoms with van der Waals surface area (Å²) in [6.45, 7) is 7.98. The molecule has 21 heavy (non-hydrogen) atoms. The van der Waals surface area contributed by atoms with Gasteiger partial charge in [0, 0.05) is 25.7 Å². The molecule has 120 valence electrons. The standard InChI is InChI=1S/C14H25N3O2S2/c1-4-15-9-13-8-14(20-11-13)21(18,19)17-7-5-6-16(3)10-12(17)2/h8,11-12,15H,4-7,9-10H2,1-3H3. The average Bonchev–Trinajstić information content (AvgIpc) is 2.83. The van der Waals surface area contributed by atoms with Crippen LogP contribution in [0.1, 0.15) is 25.8 Å². The van der Waals surface area contributed by atoms with Crippen LogP contribution in [0.2, 0.25) is 0 Å². The number of rotatable bonds is 5. The SMILES string of the molecule is CCNCc1csc(S(=O)(=O)N2CCCN(C)CC2C)c1. The number of likely N-dealkylation sites (N-methyl/N-ethyl adjacent to an activating group) is 1. The van der Waals surface area contributed by atoms with Crippen molar-refractivity contribution in [3.8, 4) is 0 Å². The Labute approximate surface area is 132 Å². The maximum atomic E-state index is 12.8. The van der Waals surface area contributed by atoms with Crippen molar-refractivity contribution in [1.29, 1.82) is 0 Å². The Morgan fingerprint density at radius 3 is 2.90 bits per heavy atom. The summed E-state index contributed by atoms with van der Waals surface area (Å²) in [6.07, 6.45) is 0.885. The maximum absolute atomic E-state index is 12.8. The second-order valence-corrected chi connectivity index (χ2v) is 8.66. The summed E-state index contributed by atoms with van der Waals surface area (Å²) in [7, 11) is -1.32. The highest BCUT2D eigenvalue weighted by molar-refractivity contribution is 7.91. The van der Waals surface area contributed by atoms with E-state index in [2.05, 4.69) is 10.2 Å². The van der Waals surface area contributed by atoms with Gasteiger partial charge in [-0.2, -0.15) is 4.31 Å². The van der Waals surface area contributed by atoms with E-state index in [9.17, 15) is 8.42 Å². The molecule has 0 radical (unpaired) electrons. The predicted molar refractivity (Wildman–Crippen MR) is 87.2 cm³/mol. The summed E-state index contributed by atoms with van der Waals surface area (Å²) in [5.41, 5.74) is 1.04. The molecule has 1 fully saturated rings. The van der Waals surface area contributed by atoms with E-state index in [1.54, 1.807) is 4.31 Å². The summed E-state index contributed by atoms with van der Waals surface area (Å²) < 4.78 is 27.8. The van der Waals surface area contributed by atoms with Gasteiger partial charge in [0.2, 0.25) is 0 Å². The molecule has 0 bridgehead atoms. The first-order valence-corrected chi connectivity index (χ1v) is 9.75. The van der Waals surface area contributed by atoms with E-state index in [4.69, 9.17) is 0 Å². The van der Waals surface area contributed by atoms with Crippen molar-refractivity contribution in [1.82, 2.24) is 14.5 Å². The number of thiophene rings is 1. The van der Waals surface area contributed by atoms with E-state index in [0.717, 1.165) is 38.2 Å². The first kappa shape index (κ1) is 16.9. The topological polar surface area (TPSA) is 52.7 Å². The van der Waals surface area contributed by atoms with Crippen molar-refractivity contribution >= 4 is 21.4 Å². The second-order valence-electron chi connectivity index (χ2n) is 5.63. The van der Waals surface area contributed by atoms with Gasteiger partial charge in [-0.05, 0) is 50.5 Å². The monoisotopic (exact) mass is 331 g/mol. The minimum Gasteiger partial charge on any atom is -0.313 e. The van der Waals surface area contributed by atoms with Crippen molar-refractivity contribution in [2.75, 3.05) is 33.2 Å². The van der Waals surface area contributed by atoms with Gasteiger partial charge in [0.05, 0.1) is 0 Å². The number of sulfonamides is 1. The van der Waals surface area contributed by atoms with Crippen LogP contribution in [0, 0.1) is 0 Å². The number of hydrogen-bond acceptors (Lipinski definition) is 5. The van der Waals surface area contributed by atoms with E-state index in [-0.39, 0.29) is 6.04 Å². The normalized spacial score (nSPS) is 22.3. The quantitative estimate of drug-likeness (QED) is 0.890. The molecular formula is C14H25N3O2S2. The molecule has 1 N–H and O–H groups in total. The Balaban J connectivity index is 2.18. The molecule has 1 unspecified atom stereocenters. The van der Waals surface area contributed by atoms with E-state index in [0.29, 0.717) is 10.8 Å².